The van der Waals surface area contributed by atoms with Crippen molar-refractivity contribution in [3.05, 3.63) is 4.60 Å². The van der Waals surface area contributed by atoms with E-state index in [1.165, 1.54) is 16.0 Å². The number of amides is 1. The Hall–Kier alpha value is -1.20. The van der Waals surface area contributed by atoms with E-state index < -0.39 is 10.0 Å². The number of carbonyl (C=O) groups is 1. The van der Waals surface area contributed by atoms with Gasteiger partial charge in [0.05, 0.1) is 23.6 Å². The van der Waals surface area contributed by atoms with Crippen molar-refractivity contribution >= 4 is 37.7 Å². The van der Waals surface area contributed by atoms with E-state index >= 15 is 0 Å². The molecule has 1 aliphatic rings. The molecule has 0 aromatic carbocycles. The van der Waals surface area contributed by atoms with Crippen LogP contribution in [-0.2, 0) is 14.8 Å². The van der Waals surface area contributed by atoms with Gasteiger partial charge in [0.25, 0.3) is 0 Å². The van der Waals surface area contributed by atoms with Gasteiger partial charge < -0.3 is 0 Å². The molecule has 1 fully saturated rings. The summed E-state index contributed by atoms with van der Waals surface area (Å²) in [6, 6.07) is 0. The third-order valence-corrected chi connectivity index (χ3v) is 5.66. The van der Waals surface area contributed by atoms with E-state index in [9.17, 15) is 13.2 Å². The molecule has 0 aliphatic carbocycles. The molecular formula is C10H17BrN5O4S+. The van der Waals surface area contributed by atoms with Crippen molar-refractivity contribution in [1.82, 2.24) is 9.58 Å². The van der Waals surface area contributed by atoms with Crippen molar-refractivity contribution in [2.45, 2.75) is 13.8 Å². The van der Waals surface area contributed by atoms with E-state index in [2.05, 4.69) is 26.5 Å². The molecule has 2 rings (SSSR count). The van der Waals surface area contributed by atoms with Crippen LogP contribution in [0.25, 0.3) is 0 Å². The van der Waals surface area contributed by atoms with E-state index in [1.807, 2.05) is 5.01 Å². The van der Waals surface area contributed by atoms with Crippen molar-refractivity contribution in [2.75, 3.05) is 42.3 Å². The Kier molecular flexibility index (Phi) is 4.84. The van der Waals surface area contributed by atoms with Crippen LogP contribution < -0.4 is 15.1 Å². The first-order valence-corrected chi connectivity index (χ1v) is 8.83. The molecule has 1 aromatic heterocycles. The zero-order chi connectivity index (χ0) is 15.6. The molecule has 0 unspecified atom stereocenters. The number of hydrogen-bond acceptors (Lipinski definition) is 6. The van der Waals surface area contributed by atoms with Gasteiger partial charge in [0.1, 0.15) is 0 Å². The molecule has 0 saturated carbocycles. The standard InChI is InChI=1S/C10H16BrN5O4S/c1-3-21(18,19)15-6-4-14(5-7-15)16-9(11)10(20-13-16)12-8(2)17/h3-7H2,1-2H3/p+1. The van der Waals surface area contributed by atoms with Crippen LogP contribution in [-0.4, -0.2) is 55.8 Å². The molecule has 1 amide bonds. The van der Waals surface area contributed by atoms with Gasteiger partial charge >= 0.3 is 10.5 Å². The number of piperazine rings is 1. The molecule has 1 N–H and O–H groups in total. The minimum absolute atomic E-state index is 0.0977. The maximum atomic E-state index is 11.8. The molecule has 9 nitrogen and oxygen atoms in total. The molecule has 2 heterocycles. The summed E-state index contributed by atoms with van der Waals surface area (Å²) in [6.07, 6.45) is 0. The fourth-order valence-electron chi connectivity index (χ4n) is 1.98. The average molecular weight is 383 g/mol. The highest BCUT2D eigenvalue weighted by molar-refractivity contribution is 9.10. The molecule has 1 saturated heterocycles. The number of rotatable bonds is 4. The SMILES string of the molecule is CCS(=O)(=O)N1CCN([n+]2noc(NC(C)=O)c2Br)CC1. The monoisotopic (exact) mass is 382 g/mol. The zero-order valence-electron chi connectivity index (χ0n) is 11.7. The molecule has 0 spiro atoms. The molecule has 0 bridgehead atoms. The lowest BCUT2D eigenvalue weighted by atomic mass is 10.4. The first-order valence-electron chi connectivity index (χ1n) is 6.43. The molecule has 1 aliphatic heterocycles. The van der Waals surface area contributed by atoms with Crippen LogP contribution >= 0.6 is 15.9 Å². The van der Waals surface area contributed by atoms with E-state index in [0.717, 1.165) is 0 Å². The number of nitrogens with zero attached hydrogens (tertiary/aromatic N) is 4. The average Bonchev–Trinajstić information content (AvgIpc) is 2.80. The summed E-state index contributed by atoms with van der Waals surface area (Å²) in [5, 5.41) is 8.18. The first kappa shape index (κ1) is 16.2. The summed E-state index contributed by atoms with van der Waals surface area (Å²) >= 11 is 3.30. The fourth-order valence-corrected chi connectivity index (χ4v) is 3.53. The van der Waals surface area contributed by atoms with E-state index in [1.54, 1.807) is 6.92 Å². The second-order valence-corrected chi connectivity index (χ2v) is 7.53. The largest absolute Gasteiger partial charge is 0.372 e. The molecule has 1 aromatic rings. The van der Waals surface area contributed by atoms with Crippen molar-refractivity contribution in [3.63, 3.8) is 0 Å². The quantitative estimate of drug-likeness (QED) is 0.690. The van der Waals surface area contributed by atoms with Gasteiger partial charge in [-0.25, -0.2) is 8.42 Å². The van der Waals surface area contributed by atoms with E-state index in [0.29, 0.717) is 30.8 Å². The zero-order valence-corrected chi connectivity index (χ0v) is 14.1. The van der Waals surface area contributed by atoms with Crippen LogP contribution in [0.1, 0.15) is 13.8 Å². The van der Waals surface area contributed by atoms with Gasteiger partial charge in [-0.2, -0.15) is 4.31 Å². The van der Waals surface area contributed by atoms with Gasteiger partial charge in [0.2, 0.25) is 21.2 Å². The highest BCUT2D eigenvalue weighted by Crippen LogP contribution is 2.17. The smallest absolute Gasteiger partial charge is 0.288 e. The van der Waals surface area contributed by atoms with Crippen LogP contribution in [0.5, 0.6) is 0 Å². The highest BCUT2D eigenvalue weighted by Gasteiger charge is 2.34. The van der Waals surface area contributed by atoms with Gasteiger partial charge in [-0.15, -0.1) is 5.01 Å². The number of carbonyl (C=O) groups excluding carboxylic acids is 1. The van der Waals surface area contributed by atoms with E-state index in [4.69, 9.17) is 4.52 Å². The predicted octanol–water partition coefficient (Wildman–Crippen LogP) is -0.714. The van der Waals surface area contributed by atoms with Crippen molar-refractivity contribution < 1.29 is 22.5 Å². The Labute approximate surface area is 131 Å². The Morgan fingerprint density at radius 2 is 2.05 bits per heavy atom. The van der Waals surface area contributed by atoms with Crippen LogP contribution in [0, 0.1) is 0 Å². The number of anilines is 1. The summed E-state index contributed by atoms with van der Waals surface area (Å²) in [6.45, 7) is 4.73. The summed E-state index contributed by atoms with van der Waals surface area (Å²) in [7, 11) is -3.16. The van der Waals surface area contributed by atoms with Gasteiger partial charge in [-0.1, -0.05) is 0 Å². The molecule has 21 heavy (non-hydrogen) atoms. The molecule has 118 valence electrons. The maximum absolute atomic E-state index is 11.8. The van der Waals surface area contributed by atoms with Crippen molar-refractivity contribution in [3.8, 4) is 0 Å². The molecule has 0 atom stereocenters. The van der Waals surface area contributed by atoms with Crippen LogP contribution in [0.15, 0.2) is 9.13 Å². The van der Waals surface area contributed by atoms with Crippen molar-refractivity contribution in [2.24, 2.45) is 0 Å². The lowest BCUT2D eigenvalue weighted by molar-refractivity contribution is -0.768. The molecule has 11 heteroatoms. The Bertz CT molecular complexity index is 623. The van der Waals surface area contributed by atoms with Gasteiger partial charge in [-0.05, 0) is 6.92 Å². The molecular weight excluding hydrogens is 366 g/mol. The fraction of sp³-hybridized carbons (Fsp3) is 0.700. The molecule has 0 radical (unpaired) electrons. The second kappa shape index (κ2) is 6.28. The first-order chi connectivity index (χ1) is 9.85. The summed E-state index contributed by atoms with van der Waals surface area (Å²) in [5.41, 5.74) is 0. The van der Waals surface area contributed by atoms with Gasteiger partial charge in [0, 0.05) is 35.9 Å². The predicted molar refractivity (Wildman–Crippen MR) is 77.7 cm³/mol. The number of aromatic nitrogens is 2. The van der Waals surface area contributed by atoms with E-state index in [-0.39, 0.29) is 17.5 Å². The summed E-state index contributed by atoms with van der Waals surface area (Å²) < 4.78 is 30.6. The van der Waals surface area contributed by atoms with Crippen molar-refractivity contribution in [1.29, 1.82) is 0 Å². The second-order valence-electron chi connectivity index (χ2n) is 4.52. The lowest BCUT2D eigenvalue weighted by Crippen LogP contribution is -2.66. The minimum atomic E-state index is -3.16. The summed E-state index contributed by atoms with van der Waals surface area (Å²) in [4.78, 5) is 12.5. The third kappa shape index (κ3) is 3.52. The van der Waals surface area contributed by atoms with Crippen LogP contribution in [0.2, 0.25) is 0 Å². The number of nitrogens with one attached hydrogen (secondary N) is 1. The Morgan fingerprint density at radius 3 is 2.57 bits per heavy atom. The topological polar surface area (TPSA) is 99.6 Å². The number of hydrogen-bond donors (Lipinski definition) is 1. The Morgan fingerprint density at radius 1 is 1.43 bits per heavy atom. The van der Waals surface area contributed by atoms with Gasteiger partial charge in [0.15, 0.2) is 0 Å². The Balaban J connectivity index is 2.06. The maximum Gasteiger partial charge on any atom is 0.372 e. The highest BCUT2D eigenvalue weighted by atomic mass is 79.9. The van der Waals surface area contributed by atoms with Crippen LogP contribution in [0.4, 0.5) is 5.88 Å². The lowest BCUT2D eigenvalue weighted by Gasteiger charge is -2.28. The van der Waals surface area contributed by atoms with Gasteiger partial charge in [-0.3, -0.25) is 14.6 Å². The number of halogens is 1. The number of sulfonamides is 1. The summed E-state index contributed by atoms with van der Waals surface area (Å²) in [5.74, 6) is 0.0458. The third-order valence-electron chi connectivity index (χ3n) is 3.10. The normalized spacial score (nSPS) is 17.0. The van der Waals surface area contributed by atoms with Crippen LogP contribution in [0.3, 0.4) is 0 Å². The minimum Gasteiger partial charge on any atom is -0.288 e.